The third-order valence-corrected chi connectivity index (χ3v) is 4.98. The molecule has 1 heterocycles. The van der Waals surface area contributed by atoms with E-state index in [9.17, 15) is 0 Å². The van der Waals surface area contributed by atoms with E-state index >= 15 is 0 Å². The minimum atomic E-state index is -0.293. The standard InChI is InChI=1S/C24H24O4/c1-25-21-13-19-14-23(26-2)28-24(18-11-7-4-8-12-18)20(19)15-22(21)27-16-17-9-5-3-6-10-17/h3-13,15,23-24H,14,16H2,1-2H3/t23-,24+/m1/s1. The van der Waals surface area contributed by atoms with Crippen LogP contribution in [0.25, 0.3) is 0 Å². The predicted molar refractivity (Wildman–Crippen MR) is 108 cm³/mol. The summed E-state index contributed by atoms with van der Waals surface area (Å²) in [4.78, 5) is 0. The number of methoxy groups -OCH3 is 2. The fraction of sp³-hybridized carbons (Fsp3) is 0.250. The maximum Gasteiger partial charge on any atom is 0.162 e. The van der Waals surface area contributed by atoms with E-state index in [4.69, 9.17) is 18.9 Å². The molecular formula is C24H24O4. The Labute approximate surface area is 165 Å². The molecule has 0 N–H and O–H groups in total. The topological polar surface area (TPSA) is 36.9 Å². The number of ether oxygens (including phenoxy) is 4. The van der Waals surface area contributed by atoms with Gasteiger partial charge in [0.15, 0.2) is 17.8 Å². The molecule has 28 heavy (non-hydrogen) atoms. The van der Waals surface area contributed by atoms with Gasteiger partial charge in [-0.25, -0.2) is 0 Å². The molecule has 4 nitrogen and oxygen atoms in total. The van der Waals surface area contributed by atoms with Crippen LogP contribution in [0.2, 0.25) is 0 Å². The smallest absolute Gasteiger partial charge is 0.162 e. The lowest BCUT2D eigenvalue weighted by atomic mass is 9.92. The molecule has 0 unspecified atom stereocenters. The zero-order valence-electron chi connectivity index (χ0n) is 16.1. The van der Waals surface area contributed by atoms with Crippen LogP contribution in [0.4, 0.5) is 0 Å². The van der Waals surface area contributed by atoms with Gasteiger partial charge in [-0.15, -0.1) is 0 Å². The molecule has 0 bridgehead atoms. The van der Waals surface area contributed by atoms with Gasteiger partial charge in [0.2, 0.25) is 0 Å². The summed E-state index contributed by atoms with van der Waals surface area (Å²) in [6.45, 7) is 0.480. The van der Waals surface area contributed by atoms with Crippen molar-refractivity contribution < 1.29 is 18.9 Å². The Morgan fingerprint density at radius 2 is 1.61 bits per heavy atom. The van der Waals surface area contributed by atoms with Gasteiger partial charge in [0.25, 0.3) is 0 Å². The van der Waals surface area contributed by atoms with Crippen molar-refractivity contribution in [2.45, 2.75) is 25.4 Å². The van der Waals surface area contributed by atoms with Crippen molar-refractivity contribution in [2.75, 3.05) is 14.2 Å². The van der Waals surface area contributed by atoms with E-state index in [1.54, 1.807) is 14.2 Å². The molecule has 0 aromatic heterocycles. The lowest BCUT2D eigenvalue weighted by Gasteiger charge is -2.32. The fourth-order valence-corrected chi connectivity index (χ4v) is 3.52. The summed E-state index contributed by atoms with van der Waals surface area (Å²) in [5, 5.41) is 0. The Hall–Kier alpha value is -2.82. The van der Waals surface area contributed by atoms with Gasteiger partial charge in [-0.3, -0.25) is 0 Å². The monoisotopic (exact) mass is 376 g/mol. The second kappa shape index (κ2) is 8.46. The lowest BCUT2D eigenvalue weighted by molar-refractivity contribution is -0.153. The molecule has 0 spiro atoms. The first-order valence-corrected chi connectivity index (χ1v) is 9.39. The minimum absolute atomic E-state index is 0.208. The normalized spacial score (nSPS) is 18.4. The highest BCUT2D eigenvalue weighted by Crippen LogP contribution is 2.41. The zero-order valence-corrected chi connectivity index (χ0v) is 16.1. The van der Waals surface area contributed by atoms with Crippen molar-refractivity contribution in [3.63, 3.8) is 0 Å². The summed E-state index contributed by atoms with van der Waals surface area (Å²) < 4.78 is 23.4. The number of fused-ring (bicyclic) bond motifs is 1. The summed E-state index contributed by atoms with van der Waals surface area (Å²) in [6.07, 6.45) is 0.170. The Morgan fingerprint density at radius 3 is 2.29 bits per heavy atom. The number of hydrogen-bond acceptors (Lipinski definition) is 4. The molecule has 0 fully saturated rings. The van der Waals surface area contributed by atoms with Crippen LogP contribution in [0, 0.1) is 0 Å². The summed E-state index contributed by atoms with van der Waals surface area (Å²) in [5.41, 5.74) is 4.43. The lowest BCUT2D eigenvalue weighted by Crippen LogP contribution is -2.28. The highest BCUT2D eigenvalue weighted by atomic mass is 16.7. The van der Waals surface area contributed by atoms with Gasteiger partial charge in [-0.2, -0.15) is 0 Å². The van der Waals surface area contributed by atoms with E-state index in [2.05, 4.69) is 12.1 Å². The average Bonchev–Trinajstić information content (AvgIpc) is 2.77. The van der Waals surface area contributed by atoms with Gasteiger partial charge in [0.05, 0.1) is 7.11 Å². The fourth-order valence-electron chi connectivity index (χ4n) is 3.52. The predicted octanol–water partition coefficient (Wildman–Crippen LogP) is 4.91. The van der Waals surface area contributed by atoms with Crippen molar-refractivity contribution in [3.8, 4) is 11.5 Å². The summed E-state index contributed by atoms with van der Waals surface area (Å²) in [5.74, 6) is 1.43. The molecule has 0 saturated heterocycles. The summed E-state index contributed by atoms with van der Waals surface area (Å²) in [6, 6.07) is 24.4. The largest absolute Gasteiger partial charge is 0.493 e. The van der Waals surface area contributed by atoms with E-state index < -0.39 is 0 Å². The van der Waals surface area contributed by atoms with E-state index in [0.717, 1.165) is 28.0 Å². The molecule has 144 valence electrons. The molecule has 0 aliphatic carbocycles. The van der Waals surface area contributed by atoms with Gasteiger partial charge in [-0.1, -0.05) is 60.7 Å². The summed E-state index contributed by atoms with van der Waals surface area (Å²) >= 11 is 0. The van der Waals surface area contributed by atoms with Gasteiger partial charge in [0, 0.05) is 13.5 Å². The highest BCUT2D eigenvalue weighted by molar-refractivity contribution is 5.51. The Balaban J connectivity index is 1.70. The first-order chi connectivity index (χ1) is 13.8. The number of hydrogen-bond donors (Lipinski definition) is 0. The molecule has 4 rings (SSSR count). The second-order valence-corrected chi connectivity index (χ2v) is 6.77. The zero-order chi connectivity index (χ0) is 19.3. The number of benzene rings is 3. The summed E-state index contributed by atoms with van der Waals surface area (Å²) in [7, 11) is 3.34. The minimum Gasteiger partial charge on any atom is -0.493 e. The van der Waals surface area contributed by atoms with Gasteiger partial charge in [0.1, 0.15) is 12.7 Å². The van der Waals surface area contributed by atoms with Crippen molar-refractivity contribution in [1.82, 2.24) is 0 Å². The van der Waals surface area contributed by atoms with Gasteiger partial charge < -0.3 is 18.9 Å². The molecule has 3 aromatic rings. The van der Waals surface area contributed by atoms with Crippen LogP contribution in [0.15, 0.2) is 72.8 Å². The van der Waals surface area contributed by atoms with Crippen LogP contribution in [0.3, 0.4) is 0 Å². The quantitative estimate of drug-likeness (QED) is 0.613. The third kappa shape index (κ3) is 3.88. The van der Waals surface area contributed by atoms with Crippen LogP contribution in [-0.4, -0.2) is 20.5 Å². The maximum atomic E-state index is 6.22. The molecule has 4 heteroatoms. The Kier molecular flexibility index (Phi) is 5.60. The average molecular weight is 376 g/mol. The molecule has 0 saturated carbocycles. The molecular weight excluding hydrogens is 352 g/mol. The first-order valence-electron chi connectivity index (χ1n) is 9.39. The molecule has 1 aliphatic rings. The van der Waals surface area contributed by atoms with Crippen LogP contribution >= 0.6 is 0 Å². The Bertz CT molecular complexity index is 909. The molecule has 3 aromatic carbocycles. The molecule has 0 amide bonds. The van der Waals surface area contributed by atoms with Crippen LogP contribution in [0.1, 0.15) is 28.4 Å². The number of rotatable bonds is 6. The molecule has 1 aliphatic heterocycles. The SMILES string of the molecule is COc1cc2c(cc1OCc1ccccc1)[C@H](c1ccccc1)O[C@@H](OC)C2. The Morgan fingerprint density at radius 1 is 0.893 bits per heavy atom. The van der Waals surface area contributed by atoms with Crippen LogP contribution < -0.4 is 9.47 Å². The van der Waals surface area contributed by atoms with Crippen LogP contribution in [0.5, 0.6) is 11.5 Å². The van der Waals surface area contributed by atoms with Gasteiger partial charge >= 0.3 is 0 Å². The second-order valence-electron chi connectivity index (χ2n) is 6.77. The van der Waals surface area contributed by atoms with Crippen molar-refractivity contribution in [2.24, 2.45) is 0 Å². The third-order valence-electron chi connectivity index (χ3n) is 4.98. The maximum absolute atomic E-state index is 6.22. The van der Waals surface area contributed by atoms with E-state index in [-0.39, 0.29) is 12.4 Å². The van der Waals surface area contributed by atoms with Crippen molar-refractivity contribution in [1.29, 1.82) is 0 Å². The van der Waals surface area contributed by atoms with E-state index in [0.29, 0.717) is 18.8 Å². The molecule has 0 radical (unpaired) electrons. The van der Waals surface area contributed by atoms with Crippen LogP contribution in [-0.2, 0) is 22.5 Å². The van der Waals surface area contributed by atoms with E-state index in [1.807, 2.05) is 60.7 Å². The highest BCUT2D eigenvalue weighted by Gasteiger charge is 2.30. The van der Waals surface area contributed by atoms with E-state index in [1.165, 1.54) is 0 Å². The van der Waals surface area contributed by atoms with Crippen molar-refractivity contribution >= 4 is 0 Å². The van der Waals surface area contributed by atoms with Crippen molar-refractivity contribution in [3.05, 3.63) is 95.1 Å². The van der Waals surface area contributed by atoms with Gasteiger partial charge in [-0.05, 0) is 34.4 Å². The molecule has 2 atom stereocenters. The first kappa shape index (κ1) is 18.5.